The molecule has 44 heavy (non-hydrogen) atoms. The van der Waals surface area contributed by atoms with Crippen LogP contribution in [0.4, 0.5) is 0 Å². The number of benzene rings is 2. The second-order valence-electron chi connectivity index (χ2n) is 11.1. The third-order valence-corrected chi connectivity index (χ3v) is 7.78. The van der Waals surface area contributed by atoms with Gasteiger partial charge in [-0.05, 0) is 41.7 Å². The van der Waals surface area contributed by atoms with Crippen LogP contribution in [0.1, 0.15) is 13.8 Å². The fraction of sp³-hybridized carbons (Fsp3) is 0.433. The fourth-order valence-electron chi connectivity index (χ4n) is 4.92. The average molecular weight is 615 g/mol. The summed E-state index contributed by atoms with van der Waals surface area (Å²) in [4.78, 5) is 28.8. The van der Waals surface area contributed by atoms with Crippen LogP contribution < -0.4 is 26.5 Å². The van der Waals surface area contributed by atoms with Crippen molar-refractivity contribution in [3.05, 3.63) is 59.0 Å². The van der Waals surface area contributed by atoms with Gasteiger partial charge in [0.1, 0.15) is 35.6 Å². The maximum atomic E-state index is 13.2. The summed E-state index contributed by atoms with van der Waals surface area (Å²) in [6.07, 6.45) is -6.33. The second-order valence-corrected chi connectivity index (χ2v) is 11.1. The van der Waals surface area contributed by atoms with Gasteiger partial charge in [-0.2, -0.15) is 0 Å². The highest BCUT2D eigenvalue weighted by molar-refractivity contribution is 5.82. The maximum absolute atomic E-state index is 13.2. The van der Waals surface area contributed by atoms with Crippen molar-refractivity contribution in [3.8, 4) is 22.6 Å². The molecule has 0 amide bonds. The van der Waals surface area contributed by atoms with E-state index in [9.17, 15) is 35.1 Å². The fourth-order valence-corrected chi connectivity index (χ4v) is 4.92. The minimum atomic E-state index is -2.30. The smallest absolute Gasteiger partial charge is 0.335 e. The Labute approximate surface area is 252 Å². The summed E-state index contributed by atoms with van der Waals surface area (Å²) in [6, 6.07) is 10.3. The first-order valence-corrected chi connectivity index (χ1v) is 14.0. The lowest BCUT2D eigenvalue weighted by molar-refractivity contribution is -0.311. The monoisotopic (exact) mass is 614 g/mol. The highest BCUT2D eigenvalue weighted by atomic mass is 16.7. The number of carbonyl (C=O) groups is 1. The summed E-state index contributed by atoms with van der Waals surface area (Å²) < 4.78 is 17.0. The van der Waals surface area contributed by atoms with Crippen molar-refractivity contribution < 1.29 is 44.2 Å². The number of nitrogens with one attached hydrogen (secondary N) is 2. The molecule has 1 fully saturated rings. The number of carboxylic acid groups (broad SMARTS) is 1. The van der Waals surface area contributed by atoms with E-state index in [0.29, 0.717) is 18.7 Å². The van der Waals surface area contributed by atoms with Crippen molar-refractivity contribution in [2.24, 2.45) is 22.6 Å². The zero-order valence-corrected chi connectivity index (χ0v) is 24.5. The van der Waals surface area contributed by atoms with E-state index in [-0.39, 0.29) is 57.8 Å². The SMILES string of the molecule is CN=C(N)NCC(CNCC1(O)C(Oc2ccc3c(=O)c(-c4ccc(O)cc4)coc3c2)OC(C(=O)O)C(O)C1O)C(C)C. The van der Waals surface area contributed by atoms with Gasteiger partial charge in [-0.3, -0.25) is 9.79 Å². The predicted octanol–water partition coefficient (Wildman–Crippen LogP) is 0.203. The van der Waals surface area contributed by atoms with Gasteiger partial charge in [0.2, 0.25) is 6.29 Å². The molecular formula is C30H38N4O10. The van der Waals surface area contributed by atoms with Gasteiger partial charge in [-0.15, -0.1) is 0 Å². The lowest BCUT2D eigenvalue weighted by Crippen LogP contribution is -2.71. The van der Waals surface area contributed by atoms with Gasteiger partial charge in [-0.25, -0.2) is 4.79 Å². The number of guanidine groups is 1. The average Bonchev–Trinajstić information content (AvgIpc) is 2.99. The van der Waals surface area contributed by atoms with E-state index in [2.05, 4.69) is 15.6 Å². The van der Waals surface area contributed by atoms with Crippen LogP contribution in [-0.4, -0.2) is 94.3 Å². The van der Waals surface area contributed by atoms with E-state index >= 15 is 0 Å². The Bertz CT molecular complexity index is 1540. The number of nitrogens with two attached hydrogens (primary N) is 1. The molecular weight excluding hydrogens is 576 g/mol. The summed E-state index contributed by atoms with van der Waals surface area (Å²) in [5.41, 5.74) is 4.02. The van der Waals surface area contributed by atoms with Crippen molar-refractivity contribution in [2.75, 3.05) is 26.7 Å². The first-order valence-electron chi connectivity index (χ1n) is 14.0. The second kappa shape index (κ2) is 13.6. The summed E-state index contributed by atoms with van der Waals surface area (Å²) in [5.74, 6) is -1.03. The van der Waals surface area contributed by atoms with Gasteiger partial charge in [0, 0.05) is 32.7 Å². The normalized spacial score (nSPS) is 24.8. The maximum Gasteiger partial charge on any atom is 0.335 e. The quantitative estimate of drug-likeness (QED) is 0.107. The summed E-state index contributed by atoms with van der Waals surface area (Å²) in [7, 11) is 1.55. The molecule has 6 atom stereocenters. The Hall–Kier alpha value is -4.21. The molecule has 14 nitrogen and oxygen atoms in total. The first kappa shape index (κ1) is 32.7. The number of aliphatic hydroxyl groups is 3. The molecule has 9 N–H and O–H groups in total. The van der Waals surface area contributed by atoms with Crippen LogP contribution in [0.5, 0.6) is 11.5 Å². The molecule has 0 saturated carbocycles. The Balaban J connectivity index is 1.58. The number of aromatic hydroxyl groups is 1. The van der Waals surface area contributed by atoms with Gasteiger partial charge >= 0.3 is 5.97 Å². The molecule has 1 aromatic heterocycles. The minimum Gasteiger partial charge on any atom is -0.508 e. The lowest BCUT2D eigenvalue weighted by Gasteiger charge is -2.47. The molecule has 14 heteroatoms. The molecule has 4 rings (SSSR count). The van der Waals surface area contributed by atoms with Crippen LogP contribution in [0.3, 0.4) is 0 Å². The molecule has 1 aliphatic rings. The molecule has 1 saturated heterocycles. The van der Waals surface area contributed by atoms with Gasteiger partial charge in [0.05, 0.1) is 10.9 Å². The molecule has 3 aromatic rings. The number of nitrogens with zero attached hydrogens (tertiary/aromatic N) is 1. The van der Waals surface area contributed by atoms with Crippen LogP contribution in [-0.2, 0) is 9.53 Å². The van der Waals surface area contributed by atoms with E-state index in [1.165, 1.54) is 36.6 Å². The zero-order chi connectivity index (χ0) is 32.2. The van der Waals surface area contributed by atoms with Crippen molar-refractivity contribution in [2.45, 2.75) is 44.1 Å². The lowest BCUT2D eigenvalue weighted by atomic mass is 9.85. The van der Waals surface area contributed by atoms with E-state index in [1.54, 1.807) is 19.2 Å². The molecule has 0 spiro atoms. The number of ether oxygens (including phenoxy) is 2. The number of carboxylic acids is 1. The van der Waals surface area contributed by atoms with Gasteiger partial charge in [0.15, 0.2) is 23.1 Å². The number of aliphatic carboxylic acids is 1. The highest BCUT2D eigenvalue weighted by Crippen LogP contribution is 2.33. The van der Waals surface area contributed by atoms with Crippen LogP contribution >= 0.6 is 0 Å². The summed E-state index contributed by atoms with van der Waals surface area (Å²) >= 11 is 0. The summed E-state index contributed by atoms with van der Waals surface area (Å²) in [6.45, 7) is 4.46. The Morgan fingerprint density at radius 2 is 1.86 bits per heavy atom. The van der Waals surface area contributed by atoms with Gasteiger partial charge < -0.3 is 55.8 Å². The number of phenolic OH excluding ortho intramolecular Hbond substituents is 1. The molecule has 0 radical (unpaired) electrons. The number of hydrogen-bond acceptors (Lipinski definition) is 11. The highest BCUT2D eigenvalue weighted by Gasteiger charge is 2.58. The van der Waals surface area contributed by atoms with E-state index < -0.39 is 36.2 Å². The number of phenols is 1. The molecule has 0 aliphatic carbocycles. The Kier molecular flexibility index (Phi) is 10.1. The van der Waals surface area contributed by atoms with Crippen LogP contribution in [0.2, 0.25) is 0 Å². The van der Waals surface area contributed by atoms with Crippen LogP contribution in [0, 0.1) is 11.8 Å². The van der Waals surface area contributed by atoms with Gasteiger partial charge in [-0.1, -0.05) is 26.0 Å². The molecule has 6 unspecified atom stereocenters. The summed E-state index contributed by atoms with van der Waals surface area (Å²) in [5, 5.41) is 58.5. The number of aliphatic hydroxyl groups excluding tert-OH is 2. The van der Waals surface area contributed by atoms with Crippen LogP contribution in [0.15, 0.2) is 62.9 Å². The molecule has 1 aliphatic heterocycles. The molecule has 0 bridgehead atoms. The third kappa shape index (κ3) is 6.95. The van der Waals surface area contributed by atoms with Crippen molar-refractivity contribution in [3.63, 3.8) is 0 Å². The molecule has 2 aromatic carbocycles. The number of aliphatic imine (C=N–C) groups is 1. The van der Waals surface area contributed by atoms with Crippen LogP contribution in [0.25, 0.3) is 22.1 Å². The topological polar surface area (TPSA) is 229 Å². The zero-order valence-electron chi connectivity index (χ0n) is 24.5. The van der Waals surface area contributed by atoms with Crippen molar-refractivity contribution in [1.82, 2.24) is 10.6 Å². The van der Waals surface area contributed by atoms with E-state index in [0.717, 1.165) is 0 Å². The number of hydrogen-bond donors (Lipinski definition) is 8. The van der Waals surface area contributed by atoms with Gasteiger partial charge in [0.25, 0.3) is 0 Å². The van der Waals surface area contributed by atoms with Crippen molar-refractivity contribution >= 4 is 22.9 Å². The first-order chi connectivity index (χ1) is 20.8. The van der Waals surface area contributed by atoms with E-state index in [4.69, 9.17) is 19.6 Å². The van der Waals surface area contributed by atoms with E-state index in [1.807, 2.05) is 13.8 Å². The largest absolute Gasteiger partial charge is 0.508 e. The number of fused-ring (bicyclic) bond motifs is 1. The predicted molar refractivity (Wildman–Crippen MR) is 160 cm³/mol. The molecule has 238 valence electrons. The number of rotatable bonds is 11. The third-order valence-electron chi connectivity index (χ3n) is 7.78. The Morgan fingerprint density at radius 3 is 2.50 bits per heavy atom. The minimum absolute atomic E-state index is 0.00599. The standard InChI is InChI=1S/C30H38N4O10/c1-15(2)17(12-34-29(31)32-3)11-33-14-30(41)26(38)24(37)25(27(39)40)44-28(30)43-19-8-9-20-22(10-19)42-13-21(23(20)36)16-4-6-18(35)7-5-16/h4-10,13,15,17,24-26,28,33,35,37-38,41H,11-12,14H2,1-3H3,(H,39,40)(H3,31,32,34). The van der Waals surface area contributed by atoms with Crippen molar-refractivity contribution in [1.29, 1.82) is 0 Å². The molecule has 2 heterocycles. The Morgan fingerprint density at radius 1 is 1.16 bits per heavy atom.